The molecule has 2 aromatic rings. The molecule has 1 atom stereocenters. The molecule has 0 aromatic heterocycles. The van der Waals surface area contributed by atoms with Crippen molar-refractivity contribution in [3.8, 4) is 11.5 Å². The van der Waals surface area contributed by atoms with Crippen molar-refractivity contribution in [2.24, 2.45) is 0 Å². The number of hydrogen-bond donors (Lipinski definition) is 1. The van der Waals surface area contributed by atoms with Crippen LogP contribution in [-0.4, -0.2) is 30.9 Å². The van der Waals surface area contributed by atoms with E-state index in [1.165, 1.54) is 11.1 Å². The number of carboxylic acid groups (broad SMARTS) is 1. The van der Waals surface area contributed by atoms with Crippen molar-refractivity contribution in [3.63, 3.8) is 0 Å². The van der Waals surface area contributed by atoms with Crippen LogP contribution in [0.15, 0.2) is 42.5 Å². The zero-order chi connectivity index (χ0) is 17.6. The Labute approximate surface area is 147 Å². The highest BCUT2D eigenvalue weighted by molar-refractivity contribution is 5.68. The number of aliphatic carboxylic acids is 1. The number of methoxy groups -OCH3 is 1. The fourth-order valence-corrected chi connectivity index (χ4v) is 3.05. The number of hydrogen-bond acceptors (Lipinski definition) is 4. The number of aryl methyl sites for hydroxylation is 1. The summed E-state index contributed by atoms with van der Waals surface area (Å²) in [6, 6.07) is 13.9. The predicted octanol–water partition coefficient (Wildman–Crippen LogP) is 3.23. The monoisotopic (exact) mass is 342 g/mol. The molecular formula is C20H22O5. The number of fused-ring (bicyclic) bond motifs is 1. The second kappa shape index (κ2) is 8.03. The minimum absolute atomic E-state index is 0.0212. The van der Waals surface area contributed by atoms with E-state index in [-0.39, 0.29) is 12.7 Å². The van der Waals surface area contributed by atoms with E-state index in [2.05, 4.69) is 6.07 Å². The van der Waals surface area contributed by atoms with E-state index < -0.39 is 5.97 Å². The Morgan fingerprint density at radius 2 is 2.04 bits per heavy atom. The van der Waals surface area contributed by atoms with E-state index >= 15 is 0 Å². The molecule has 1 N–H and O–H groups in total. The Morgan fingerprint density at radius 1 is 1.16 bits per heavy atom. The molecule has 5 nitrogen and oxygen atoms in total. The quantitative estimate of drug-likeness (QED) is 0.837. The molecule has 25 heavy (non-hydrogen) atoms. The summed E-state index contributed by atoms with van der Waals surface area (Å²) in [5.74, 6) is 0.734. The minimum atomic E-state index is -0.924. The molecular weight excluding hydrogens is 320 g/mol. The number of carboxylic acids is 1. The first-order valence-corrected chi connectivity index (χ1v) is 8.35. The number of benzene rings is 2. The summed E-state index contributed by atoms with van der Waals surface area (Å²) in [6.45, 7) is 0.252. The maximum Gasteiger partial charge on any atom is 0.329 e. The van der Waals surface area contributed by atoms with Crippen molar-refractivity contribution >= 4 is 5.97 Å². The fraction of sp³-hybridized carbons (Fsp3) is 0.350. The van der Waals surface area contributed by atoms with Crippen molar-refractivity contribution in [1.82, 2.24) is 0 Å². The topological polar surface area (TPSA) is 65.0 Å². The molecule has 0 saturated carbocycles. The summed E-state index contributed by atoms with van der Waals surface area (Å²) in [4.78, 5) is 10.6. The van der Waals surface area contributed by atoms with Gasteiger partial charge in [-0.15, -0.1) is 0 Å². The fourth-order valence-electron chi connectivity index (χ4n) is 3.05. The van der Waals surface area contributed by atoms with Gasteiger partial charge < -0.3 is 19.3 Å². The second-order valence-electron chi connectivity index (χ2n) is 6.14. The average Bonchev–Trinajstić information content (AvgIpc) is 2.64. The van der Waals surface area contributed by atoms with Gasteiger partial charge >= 0.3 is 5.97 Å². The molecule has 3 rings (SSSR count). The zero-order valence-electron chi connectivity index (χ0n) is 14.2. The van der Waals surface area contributed by atoms with Gasteiger partial charge in [0.25, 0.3) is 0 Å². The summed E-state index contributed by atoms with van der Waals surface area (Å²) >= 11 is 0. The van der Waals surface area contributed by atoms with E-state index in [0.29, 0.717) is 6.61 Å². The third-order valence-corrected chi connectivity index (χ3v) is 4.34. The molecule has 1 aliphatic carbocycles. The lowest BCUT2D eigenvalue weighted by Gasteiger charge is -2.24. The highest BCUT2D eigenvalue weighted by atomic mass is 16.5. The molecule has 0 bridgehead atoms. The standard InChI is InChI=1S/C20H22O5/c1-23-17-4-2-3-14(9-17)12-24-18-7-5-16-11-19(25-13-20(21)22)8-6-15(16)10-18/h2-5,7,9-10,19H,6,8,11-13H2,1H3,(H,21,22). The van der Waals surface area contributed by atoms with Crippen molar-refractivity contribution < 1.29 is 24.1 Å². The lowest BCUT2D eigenvalue weighted by atomic mass is 9.89. The van der Waals surface area contributed by atoms with Gasteiger partial charge in [0.15, 0.2) is 0 Å². The van der Waals surface area contributed by atoms with Crippen LogP contribution in [0.2, 0.25) is 0 Å². The molecule has 0 amide bonds. The molecule has 1 unspecified atom stereocenters. The average molecular weight is 342 g/mol. The zero-order valence-corrected chi connectivity index (χ0v) is 14.2. The Morgan fingerprint density at radius 3 is 2.84 bits per heavy atom. The maximum absolute atomic E-state index is 10.6. The highest BCUT2D eigenvalue weighted by Crippen LogP contribution is 2.27. The first-order chi connectivity index (χ1) is 12.1. The molecule has 2 aromatic carbocycles. The van der Waals surface area contributed by atoms with Crippen molar-refractivity contribution in [2.45, 2.75) is 32.0 Å². The second-order valence-corrected chi connectivity index (χ2v) is 6.14. The van der Waals surface area contributed by atoms with Gasteiger partial charge in [-0.05, 0) is 60.2 Å². The first-order valence-electron chi connectivity index (χ1n) is 8.35. The van der Waals surface area contributed by atoms with Crippen LogP contribution in [-0.2, 0) is 29.0 Å². The largest absolute Gasteiger partial charge is 0.497 e. The van der Waals surface area contributed by atoms with Crippen LogP contribution in [0.3, 0.4) is 0 Å². The Bertz CT molecular complexity index is 741. The maximum atomic E-state index is 10.6. The predicted molar refractivity (Wildman–Crippen MR) is 93.2 cm³/mol. The molecule has 132 valence electrons. The van der Waals surface area contributed by atoms with Gasteiger partial charge in [-0.1, -0.05) is 18.2 Å². The van der Waals surface area contributed by atoms with Gasteiger partial charge in [-0.25, -0.2) is 4.79 Å². The van der Waals surface area contributed by atoms with Crippen LogP contribution >= 0.6 is 0 Å². The van der Waals surface area contributed by atoms with Crippen LogP contribution in [0, 0.1) is 0 Å². The lowest BCUT2D eigenvalue weighted by molar-refractivity contribution is -0.144. The molecule has 0 saturated heterocycles. The SMILES string of the molecule is COc1cccc(COc2ccc3c(c2)CCC(OCC(=O)O)C3)c1. The van der Waals surface area contributed by atoms with Crippen LogP contribution in [0.5, 0.6) is 11.5 Å². The molecule has 0 spiro atoms. The Balaban J connectivity index is 1.59. The summed E-state index contributed by atoms with van der Waals surface area (Å²) in [5, 5.41) is 8.71. The van der Waals surface area contributed by atoms with Crippen molar-refractivity contribution in [2.75, 3.05) is 13.7 Å². The molecule has 5 heteroatoms. The van der Waals surface area contributed by atoms with E-state index in [0.717, 1.165) is 36.3 Å². The van der Waals surface area contributed by atoms with E-state index in [9.17, 15) is 4.79 Å². The first kappa shape index (κ1) is 17.3. The van der Waals surface area contributed by atoms with Gasteiger partial charge in [0.1, 0.15) is 24.7 Å². The smallest absolute Gasteiger partial charge is 0.329 e. The third-order valence-electron chi connectivity index (χ3n) is 4.34. The number of rotatable bonds is 7. The molecule has 0 heterocycles. The van der Waals surface area contributed by atoms with Crippen LogP contribution in [0.4, 0.5) is 0 Å². The van der Waals surface area contributed by atoms with Gasteiger partial charge in [-0.2, -0.15) is 0 Å². The highest BCUT2D eigenvalue weighted by Gasteiger charge is 2.20. The molecule has 0 radical (unpaired) electrons. The lowest BCUT2D eigenvalue weighted by Crippen LogP contribution is -2.25. The summed E-state index contributed by atoms with van der Waals surface area (Å²) in [6.07, 6.45) is 2.43. The van der Waals surface area contributed by atoms with E-state index in [1.54, 1.807) is 7.11 Å². The summed E-state index contributed by atoms with van der Waals surface area (Å²) in [7, 11) is 1.65. The number of ether oxygens (including phenoxy) is 3. The normalized spacial score (nSPS) is 16.1. The van der Waals surface area contributed by atoms with Gasteiger partial charge in [0.05, 0.1) is 13.2 Å². The van der Waals surface area contributed by atoms with Gasteiger partial charge in [0.2, 0.25) is 0 Å². The Kier molecular flexibility index (Phi) is 5.56. The molecule has 0 aliphatic heterocycles. The summed E-state index contributed by atoms with van der Waals surface area (Å²) < 4.78 is 16.5. The number of carbonyl (C=O) groups is 1. The van der Waals surface area contributed by atoms with Crippen LogP contribution in [0.1, 0.15) is 23.1 Å². The van der Waals surface area contributed by atoms with Crippen LogP contribution < -0.4 is 9.47 Å². The van der Waals surface area contributed by atoms with Crippen LogP contribution in [0.25, 0.3) is 0 Å². The van der Waals surface area contributed by atoms with Gasteiger partial charge in [-0.3, -0.25) is 0 Å². The molecule has 0 fully saturated rings. The third kappa shape index (κ3) is 4.73. The van der Waals surface area contributed by atoms with Crippen molar-refractivity contribution in [3.05, 3.63) is 59.2 Å². The van der Waals surface area contributed by atoms with E-state index in [4.69, 9.17) is 19.3 Å². The minimum Gasteiger partial charge on any atom is -0.497 e. The summed E-state index contributed by atoms with van der Waals surface area (Å²) in [5.41, 5.74) is 3.51. The Hall–Kier alpha value is -2.53. The van der Waals surface area contributed by atoms with Gasteiger partial charge in [0, 0.05) is 0 Å². The van der Waals surface area contributed by atoms with E-state index in [1.807, 2.05) is 36.4 Å². The molecule has 1 aliphatic rings. The van der Waals surface area contributed by atoms with Crippen molar-refractivity contribution in [1.29, 1.82) is 0 Å².